The molecule has 0 spiro atoms. The summed E-state index contributed by atoms with van der Waals surface area (Å²) in [6.45, 7) is 5.86. The van der Waals surface area contributed by atoms with Crippen LogP contribution in [0.1, 0.15) is 17.3 Å². The molecule has 0 atom stereocenters. The van der Waals surface area contributed by atoms with Gasteiger partial charge >= 0.3 is 0 Å². The second-order valence-corrected chi connectivity index (χ2v) is 8.00. The second kappa shape index (κ2) is 9.80. The number of anilines is 2. The average Bonchev–Trinajstić information content (AvgIpc) is 3.34. The predicted octanol–water partition coefficient (Wildman–Crippen LogP) is 3.21. The topological polar surface area (TPSA) is 101 Å². The number of nitrogens with one attached hydrogen (secondary N) is 2. The van der Waals surface area contributed by atoms with E-state index in [0.29, 0.717) is 24.6 Å². The Bertz CT molecular complexity index is 1280. The highest BCUT2D eigenvalue weighted by molar-refractivity contribution is 5.95. The fourth-order valence-corrected chi connectivity index (χ4v) is 3.97. The van der Waals surface area contributed by atoms with Crippen molar-refractivity contribution in [2.24, 2.45) is 0 Å². The van der Waals surface area contributed by atoms with E-state index in [-0.39, 0.29) is 5.91 Å². The monoisotopic (exact) mass is 454 g/mol. The Morgan fingerprint density at radius 2 is 2.00 bits per heavy atom. The third kappa shape index (κ3) is 4.65. The highest BCUT2D eigenvalue weighted by atomic mass is 16.2. The zero-order valence-corrected chi connectivity index (χ0v) is 19.0. The molecule has 9 heteroatoms. The summed E-state index contributed by atoms with van der Waals surface area (Å²) in [6.07, 6.45) is 7.25. The van der Waals surface area contributed by atoms with Crippen molar-refractivity contribution < 1.29 is 4.79 Å². The van der Waals surface area contributed by atoms with Crippen molar-refractivity contribution in [3.63, 3.8) is 0 Å². The van der Waals surface area contributed by atoms with Crippen molar-refractivity contribution in [2.45, 2.75) is 13.5 Å². The molecule has 3 aromatic heterocycles. The van der Waals surface area contributed by atoms with E-state index >= 15 is 0 Å². The molecular weight excluding hydrogens is 428 g/mol. The molecule has 0 bridgehead atoms. The van der Waals surface area contributed by atoms with Crippen LogP contribution in [-0.2, 0) is 6.54 Å². The molecule has 1 amide bonds. The number of carbonyl (C=O) groups is 1. The predicted molar refractivity (Wildman–Crippen MR) is 131 cm³/mol. The number of hydrogen-bond donors (Lipinski definition) is 2. The minimum absolute atomic E-state index is 0.0351. The summed E-state index contributed by atoms with van der Waals surface area (Å²) < 4.78 is 1.89. The van der Waals surface area contributed by atoms with E-state index in [0.717, 1.165) is 47.8 Å². The number of hydrogen-bond acceptors (Lipinski definition) is 7. The number of pyridine rings is 1. The van der Waals surface area contributed by atoms with Crippen molar-refractivity contribution in [1.29, 1.82) is 0 Å². The van der Waals surface area contributed by atoms with Gasteiger partial charge in [-0.3, -0.25) is 14.5 Å². The molecule has 1 saturated heterocycles. The third-order valence-electron chi connectivity index (χ3n) is 5.72. The molecule has 0 unspecified atom stereocenters. The lowest BCUT2D eigenvalue weighted by molar-refractivity contribution is 0.0736. The first kappa shape index (κ1) is 21.7. The van der Waals surface area contributed by atoms with Gasteiger partial charge in [0, 0.05) is 79.9 Å². The van der Waals surface area contributed by atoms with E-state index in [9.17, 15) is 4.79 Å². The van der Waals surface area contributed by atoms with E-state index in [4.69, 9.17) is 10.1 Å². The lowest BCUT2D eigenvalue weighted by Gasteiger charge is -2.27. The number of benzene rings is 1. The van der Waals surface area contributed by atoms with Crippen LogP contribution in [-0.4, -0.2) is 61.7 Å². The molecule has 0 saturated carbocycles. The number of carbonyl (C=O) groups excluding carboxylic acids is 1. The van der Waals surface area contributed by atoms with Crippen LogP contribution in [0, 0.1) is 0 Å². The standard InChI is InChI=1S/C25H26N8O/c1-2-33-17-21(23(31-33)19-6-4-9-27-16-19)22-8-10-28-25(30-22)29-20-7-3-5-18(15-20)24(34)32-13-11-26-12-14-32/h3-10,15-17,26H,2,11-14H2,1H3,(H,28,29,30). The third-order valence-corrected chi connectivity index (χ3v) is 5.72. The zero-order valence-electron chi connectivity index (χ0n) is 19.0. The van der Waals surface area contributed by atoms with Gasteiger partial charge in [-0.05, 0) is 43.3 Å². The lowest BCUT2D eigenvalue weighted by Crippen LogP contribution is -2.46. The Hall–Kier alpha value is -4.11. The molecule has 4 heterocycles. The number of nitrogens with zero attached hydrogens (tertiary/aromatic N) is 6. The second-order valence-electron chi connectivity index (χ2n) is 8.00. The first-order valence-electron chi connectivity index (χ1n) is 11.4. The Morgan fingerprint density at radius 3 is 2.79 bits per heavy atom. The highest BCUT2D eigenvalue weighted by Gasteiger charge is 2.18. The van der Waals surface area contributed by atoms with Crippen molar-refractivity contribution in [3.05, 3.63) is 72.8 Å². The van der Waals surface area contributed by atoms with Gasteiger partial charge in [0.2, 0.25) is 5.95 Å². The van der Waals surface area contributed by atoms with E-state index in [1.807, 2.05) is 65.2 Å². The van der Waals surface area contributed by atoms with Gasteiger partial charge in [0.15, 0.2) is 0 Å². The molecule has 172 valence electrons. The maximum absolute atomic E-state index is 12.9. The van der Waals surface area contributed by atoms with Gasteiger partial charge in [0.05, 0.1) is 5.69 Å². The van der Waals surface area contributed by atoms with Crippen LogP contribution in [0.15, 0.2) is 67.3 Å². The molecule has 5 rings (SSSR count). The summed E-state index contributed by atoms with van der Waals surface area (Å²) in [5.74, 6) is 0.485. The Balaban J connectivity index is 1.41. The fourth-order valence-electron chi connectivity index (χ4n) is 3.97. The average molecular weight is 455 g/mol. The largest absolute Gasteiger partial charge is 0.336 e. The van der Waals surface area contributed by atoms with E-state index in [1.54, 1.807) is 18.6 Å². The maximum Gasteiger partial charge on any atom is 0.254 e. The molecule has 4 aromatic rings. The summed E-state index contributed by atoms with van der Waals surface area (Å²) in [7, 11) is 0. The molecule has 1 aliphatic heterocycles. The van der Waals surface area contributed by atoms with Gasteiger partial charge in [-0.25, -0.2) is 9.97 Å². The number of amides is 1. The van der Waals surface area contributed by atoms with Gasteiger partial charge in [-0.1, -0.05) is 6.07 Å². The summed E-state index contributed by atoms with van der Waals surface area (Å²) in [5, 5.41) is 11.2. The van der Waals surface area contributed by atoms with Gasteiger partial charge in [-0.15, -0.1) is 0 Å². The zero-order chi connectivity index (χ0) is 23.3. The van der Waals surface area contributed by atoms with Crippen LogP contribution in [0.2, 0.25) is 0 Å². The summed E-state index contributed by atoms with van der Waals surface area (Å²) in [6, 6.07) is 13.2. The summed E-state index contributed by atoms with van der Waals surface area (Å²) in [4.78, 5) is 28.1. The Morgan fingerprint density at radius 1 is 1.12 bits per heavy atom. The Kier molecular flexibility index (Phi) is 6.26. The van der Waals surface area contributed by atoms with E-state index < -0.39 is 0 Å². The fraction of sp³-hybridized carbons (Fsp3) is 0.240. The lowest BCUT2D eigenvalue weighted by atomic mass is 10.1. The van der Waals surface area contributed by atoms with Gasteiger partial charge in [0.25, 0.3) is 5.91 Å². The van der Waals surface area contributed by atoms with Crippen LogP contribution < -0.4 is 10.6 Å². The van der Waals surface area contributed by atoms with Crippen molar-refractivity contribution in [2.75, 3.05) is 31.5 Å². The Labute approximate surface area is 197 Å². The minimum Gasteiger partial charge on any atom is -0.336 e. The number of rotatable bonds is 6. The highest BCUT2D eigenvalue weighted by Crippen LogP contribution is 2.30. The summed E-state index contributed by atoms with van der Waals surface area (Å²) >= 11 is 0. The van der Waals surface area contributed by atoms with E-state index in [1.165, 1.54) is 0 Å². The molecule has 1 aromatic carbocycles. The summed E-state index contributed by atoms with van der Waals surface area (Å²) in [5.41, 5.74) is 4.81. The molecule has 0 radical (unpaired) electrons. The van der Waals surface area contributed by atoms with Crippen LogP contribution in [0.4, 0.5) is 11.6 Å². The normalized spacial score (nSPS) is 13.6. The van der Waals surface area contributed by atoms with Crippen molar-refractivity contribution in [3.8, 4) is 22.5 Å². The molecule has 34 heavy (non-hydrogen) atoms. The van der Waals surface area contributed by atoms with Crippen LogP contribution in [0.3, 0.4) is 0 Å². The van der Waals surface area contributed by atoms with E-state index in [2.05, 4.69) is 20.6 Å². The molecule has 1 fully saturated rings. The minimum atomic E-state index is 0.0351. The van der Waals surface area contributed by atoms with Crippen molar-refractivity contribution in [1.82, 2.24) is 34.9 Å². The molecule has 9 nitrogen and oxygen atoms in total. The smallest absolute Gasteiger partial charge is 0.254 e. The quantitative estimate of drug-likeness (QED) is 0.461. The first-order chi connectivity index (χ1) is 16.7. The number of aromatic nitrogens is 5. The SMILES string of the molecule is CCn1cc(-c2ccnc(Nc3cccc(C(=O)N4CCNCC4)c3)n2)c(-c2cccnc2)n1. The van der Waals surface area contributed by atoms with Gasteiger partial charge in [0.1, 0.15) is 5.69 Å². The van der Waals surface area contributed by atoms with Gasteiger partial charge in [-0.2, -0.15) is 5.10 Å². The molecule has 1 aliphatic rings. The van der Waals surface area contributed by atoms with Crippen LogP contribution in [0.5, 0.6) is 0 Å². The number of piperazine rings is 1. The molecule has 2 N–H and O–H groups in total. The molecular formula is C25H26N8O. The van der Waals surface area contributed by atoms with Crippen LogP contribution >= 0.6 is 0 Å². The van der Waals surface area contributed by atoms with Gasteiger partial charge < -0.3 is 15.5 Å². The number of aryl methyl sites for hydroxylation is 1. The maximum atomic E-state index is 12.9. The van der Waals surface area contributed by atoms with Crippen molar-refractivity contribution >= 4 is 17.5 Å². The van der Waals surface area contributed by atoms with Crippen LogP contribution in [0.25, 0.3) is 22.5 Å². The first-order valence-corrected chi connectivity index (χ1v) is 11.4. The molecule has 0 aliphatic carbocycles.